The summed E-state index contributed by atoms with van der Waals surface area (Å²) in [6.45, 7) is 4.29. The third-order valence-electron chi connectivity index (χ3n) is 3.74. The zero-order chi connectivity index (χ0) is 20.0. The van der Waals surface area contributed by atoms with E-state index in [1.54, 1.807) is 0 Å². The van der Waals surface area contributed by atoms with Gasteiger partial charge in [0.25, 0.3) is 0 Å². The Labute approximate surface area is 160 Å². The normalized spacial score (nSPS) is 11.2. The molecular weight excluding hydrogens is 376 g/mol. The van der Waals surface area contributed by atoms with Gasteiger partial charge >= 0.3 is 6.09 Å². The van der Waals surface area contributed by atoms with E-state index in [4.69, 9.17) is 15.6 Å². The van der Waals surface area contributed by atoms with Gasteiger partial charge in [-0.3, -0.25) is 0 Å². The molecule has 0 aliphatic rings. The highest BCUT2D eigenvalue weighted by atomic mass is 32.2. The Kier molecular flexibility index (Phi) is 7.61. The molecular formula is C18H23F2N3O3S. The van der Waals surface area contributed by atoms with Crippen LogP contribution in [0.3, 0.4) is 0 Å². The Hall–Kier alpha value is -2.13. The fourth-order valence-electron chi connectivity index (χ4n) is 2.58. The number of hydrogen-bond acceptors (Lipinski definition) is 5. The van der Waals surface area contributed by atoms with E-state index in [1.165, 1.54) is 23.9 Å². The zero-order valence-corrected chi connectivity index (χ0v) is 16.1. The fraction of sp³-hybridized carbons (Fsp3) is 0.444. The lowest BCUT2D eigenvalue weighted by molar-refractivity contribution is 0.151. The molecule has 0 atom stereocenters. The average molecular weight is 399 g/mol. The van der Waals surface area contributed by atoms with Gasteiger partial charge in [0.05, 0.1) is 12.2 Å². The van der Waals surface area contributed by atoms with Gasteiger partial charge in [-0.25, -0.2) is 18.6 Å². The standard InChI is InChI=1S/C18H23F2N3O3S/c1-11(2)16-17(27-14-9-12(19)8-13(20)10-14)23(5-7-26-18(21)25)15(22-16)4-3-6-24/h8-11,24H,3-7H2,1-2H3,(H2,21,25). The van der Waals surface area contributed by atoms with Crippen molar-refractivity contribution in [1.82, 2.24) is 9.55 Å². The first-order chi connectivity index (χ1) is 12.8. The molecule has 148 valence electrons. The van der Waals surface area contributed by atoms with Gasteiger partial charge in [-0.1, -0.05) is 25.6 Å². The molecule has 1 heterocycles. The Morgan fingerprint density at radius 3 is 2.56 bits per heavy atom. The van der Waals surface area contributed by atoms with Crippen molar-refractivity contribution < 1.29 is 23.4 Å². The van der Waals surface area contributed by atoms with Crippen molar-refractivity contribution >= 4 is 17.9 Å². The number of carbonyl (C=O) groups is 1. The van der Waals surface area contributed by atoms with E-state index in [1.807, 2.05) is 18.4 Å². The van der Waals surface area contributed by atoms with Crippen LogP contribution in [0.1, 0.15) is 37.7 Å². The molecule has 0 saturated carbocycles. The van der Waals surface area contributed by atoms with Gasteiger partial charge in [-0.2, -0.15) is 0 Å². The minimum Gasteiger partial charge on any atom is -0.448 e. The minimum absolute atomic E-state index is 0.0131. The number of nitrogens with two attached hydrogens (primary N) is 1. The number of aryl methyl sites for hydroxylation is 1. The van der Waals surface area contributed by atoms with E-state index in [-0.39, 0.29) is 19.1 Å². The molecule has 2 rings (SSSR count). The molecule has 0 spiro atoms. The number of benzene rings is 1. The van der Waals surface area contributed by atoms with Gasteiger partial charge < -0.3 is 20.1 Å². The number of halogens is 2. The number of imidazole rings is 1. The molecule has 0 aliphatic heterocycles. The van der Waals surface area contributed by atoms with Crippen LogP contribution < -0.4 is 5.73 Å². The van der Waals surface area contributed by atoms with Crippen molar-refractivity contribution in [2.24, 2.45) is 5.73 Å². The summed E-state index contributed by atoms with van der Waals surface area (Å²) in [5.74, 6) is -0.545. The first-order valence-electron chi connectivity index (χ1n) is 8.58. The molecule has 9 heteroatoms. The quantitative estimate of drug-likeness (QED) is 0.674. The van der Waals surface area contributed by atoms with Crippen LogP contribution >= 0.6 is 11.8 Å². The second-order valence-electron chi connectivity index (χ2n) is 6.23. The summed E-state index contributed by atoms with van der Waals surface area (Å²) in [4.78, 5) is 15.9. The average Bonchev–Trinajstić information content (AvgIpc) is 2.89. The third-order valence-corrected chi connectivity index (χ3v) is 4.83. The molecule has 1 aromatic carbocycles. The number of amides is 1. The van der Waals surface area contributed by atoms with Crippen molar-refractivity contribution in [3.63, 3.8) is 0 Å². The number of rotatable bonds is 9. The van der Waals surface area contributed by atoms with E-state index in [2.05, 4.69) is 4.98 Å². The lowest BCUT2D eigenvalue weighted by Gasteiger charge is -2.13. The maximum atomic E-state index is 13.6. The molecule has 0 aliphatic carbocycles. The Morgan fingerprint density at radius 2 is 2.00 bits per heavy atom. The topological polar surface area (TPSA) is 90.4 Å². The van der Waals surface area contributed by atoms with Crippen LogP contribution in [0.4, 0.5) is 13.6 Å². The van der Waals surface area contributed by atoms with Gasteiger partial charge in [0.15, 0.2) is 0 Å². The fourth-order valence-corrected chi connectivity index (χ4v) is 3.84. The highest BCUT2D eigenvalue weighted by Crippen LogP contribution is 2.35. The van der Waals surface area contributed by atoms with Gasteiger partial charge in [-0.15, -0.1) is 0 Å². The van der Waals surface area contributed by atoms with Crippen LogP contribution in [-0.2, 0) is 17.7 Å². The molecule has 3 N–H and O–H groups in total. The number of aliphatic hydroxyl groups is 1. The van der Waals surface area contributed by atoms with E-state index >= 15 is 0 Å². The number of primary amides is 1. The lowest BCUT2D eigenvalue weighted by Crippen LogP contribution is -2.18. The van der Waals surface area contributed by atoms with Crippen LogP contribution in [0.25, 0.3) is 0 Å². The first-order valence-corrected chi connectivity index (χ1v) is 9.39. The molecule has 0 radical (unpaired) electrons. The second kappa shape index (κ2) is 9.70. The van der Waals surface area contributed by atoms with Crippen LogP contribution in [0.5, 0.6) is 0 Å². The summed E-state index contributed by atoms with van der Waals surface area (Å²) < 4.78 is 33.8. The van der Waals surface area contributed by atoms with Crippen LogP contribution in [0, 0.1) is 11.6 Å². The second-order valence-corrected chi connectivity index (χ2v) is 7.29. The Morgan fingerprint density at radius 1 is 1.33 bits per heavy atom. The summed E-state index contributed by atoms with van der Waals surface area (Å²) in [7, 11) is 0. The monoisotopic (exact) mass is 399 g/mol. The number of hydrogen-bond donors (Lipinski definition) is 2. The number of aromatic nitrogens is 2. The summed E-state index contributed by atoms with van der Waals surface area (Å²) in [5, 5.41) is 9.86. The van der Waals surface area contributed by atoms with Gasteiger partial charge in [0.1, 0.15) is 29.1 Å². The first kappa shape index (κ1) is 21.2. The van der Waals surface area contributed by atoms with Crippen molar-refractivity contribution in [2.75, 3.05) is 13.2 Å². The number of carbonyl (C=O) groups excluding carboxylic acids is 1. The number of nitrogens with zero attached hydrogens (tertiary/aromatic N) is 2. The Bertz CT molecular complexity index is 776. The largest absolute Gasteiger partial charge is 0.448 e. The summed E-state index contributed by atoms with van der Waals surface area (Å²) in [6.07, 6.45) is 0.159. The van der Waals surface area contributed by atoms with E-state index in [0.717, 1.165) is 16.8 Å². The SMILES string of the molecule is CC(C)c1nc(CCCO)n(CCOC(N)=O)c1Sc1cc(F)cc(F)c1. The van der Waals surface area contributed by atoms with Gasteiger partial charge in [0, 0.05) is 24.0 Å². The zero-order valence-electron chi connectivity index (χ0n) is 15.2. The molecule has 1 amide bonds. The van der Waals surface area contributed by atoms with Crippen molar-refractivity contribution in [1.29, 1.82) is 0 Å². The predicted octanol–water partition coefficient (Wildman–Crippen LogP) is 3.46. The van der Waals surface area contributed by atoms with Crippen LogP contribution in [-0.4, -0.2) is 34.0 Å². The van der Waals surface area contributed by atoms with Gasteiger partial charge in [-0.05, 0) is 24.5 Å². The predicted molar refractivity (Wildman–Crippen MR) is 97.7 cm³/mol. The summed E-state index contributed by atoms with van der Waals surface area (Å²) >= 11 is 1.20. The summed E-state index contributed by atoms with van der Waals surface area (Å²) in [5.41, 5.74) is 5.79. The highest BCUT2D eigenvalue weighted by Gasteiger charge is 2.21. The maximum Gasteiger partial charge on any atom is 0.404 e. The van der Waals surface area contributed by atoms with E-state index in [9.17, 15) is 13.6 Å². The molecule has 0 unspecified atom stereocenters. The Balaban J connectivity index is 2.42. The summed E-state index contributed by atoms with van der Waals surface area (Å²) in [6, 6.07) is 3.32. The number of ether oxygens (including phenoxy) is 1. The molecule has 0 fully saturated rings. The maximum absolute atomic E-state index is 13.6. The minimum atomic E-state index is -0.877. The molecule has 1 aromatic heterocycles. The van der Waals surface area contributed by atoms with E-state index < -0.39 is 17.7 Å². The molecule has 6 nitrogen and oxygen atoms in total. The van der Waals surface area contributed by atoms with Crippen molar-refractivity contribution in [3.8, 4) is 0 Å². The third kappa shape index (κ3) is 5.93. The molecule has 0 bridgehead atoms. The molecule has 0 saturated heterocycles. The number of aliphatic hydroxyl groups excluding tert-OH is 1. The van der Waals surface area contributed by atoms with Gasteiger partial charge in [0.2, 0.25) is 0 Å². The highest BCUT2D eigenvalue weighted by molar-refractivity contribution is 7.99. The van der Waals surface area contributed by atoms with Crippen LogP contribution in [0.2, 0.25) is 0 Å². The van der Waals surface area contributed by atoms with Crippen LogP contribution in [0.15, 0.2) is 28.1 Å². The smallest absolute Gasteiger partial charge is 0.404 e. The van der Waals surface area contributed by atoms with Crippen molar-refractivity contribution in [3.05, 3.63) is 41.4 Å². The molecule has 27 heavy (non-hydrogen) atoms. The molecule has 2 aromatic rings. The van der Waals surface area contributed by atoms with E-state index in [0.29, 0.717) is 30.1 Å². The van der Waals surface area contributed by atoms with Crippen molar-refractivity contribution in [2.45, 2.75) is 49.1 Å². The lowest BCUT2D eigenvalue weighted by atomic mass is 10.1.